The third-order valence-corrected chi connectivity index (χ3v) is 3.42. The summed E-state index contributed by atoms with van der Waals surface area (Å²) in [5.41, 5.74) is 3.57. The van der Waals surface area contributed by atoms with Gasteiger partial charge in [-0.1, -0.05) is 0 Å². The van der Waals surface area contributed by atoms with E-state index in [2.05, 4.69) is 55.3 Å². The predicted molar refractivity (Wildman–Crippen MR) is 80.8 cm³/mol. The molecule has 0 fully saturated rings. The maximum atomic E-state index is 5.41. The molecule has 0 aliphatic rings. The molecule has 1 N–H and O–H groups in total. The molecule has 1 aromatic heterocycles. The van der Waals surface area contributed by atoms with Crippen LogP contribution in [-0.2, 0) is 6.54 Å². The average molecular weight is 258 g/mol. The van der Waals surface area contributed by atoms with Crippen molar-refractivity contribution in [1.29, 1.82) is 0 Å². The summed E-state index contributed by atoms with van der Waals surface area (Å²) in [6.07, 6.45) is 1.73. The maximum absolute atomic E-state index is 5.41. The number of nitrogens with one attached hydrogen (secondary N) is 1. The second-order valence-electron chi connectivity index (χ2n) is 4.60. The van der Waals surface area contributed by atoms with Crippen molar-refractivity contribution >= 4 is 11.4 Å². The number of benzene rings is 1. The van der Waals surface area contributed by atoms with Crippen molar-refractivity contribution in [1.82, 2.24) is 0 Å². The Morgan fingerprint density at radius 2 is 1.74 bits per heavy atom. The maximum Gasteiger partial charge on any atom is 0.125 e. The van der Waals surface area contributed by atoms with Crippen LogP contribution in [-0.4, -0.2) is 13.1 Å². The van der Waals surface area contributed by atoms with Gasteiger partial charge in [-0.05, 0) is 56.7 Å². The molecule has 0 aliphatic heterocycles. The molecule has 0 saturated carbocycles. The van der Waals surface area contributed by atoms with Crippen LogP contribution >= 0.6 is 0 Å². The third kappa shape index (κ3) is 3.31. The van der Waals surface area contributed by atoms with Crippen LogP contribution < -0.4 is 10.2 Å². The van der Waals surface area contributed by atoms with Gasteiger partial charge in [0.05, 0.1) is 12.8 Å². The zero-order valence-electron chi connectivity index (χ0n) is 11.9. The molecule has 19 heavy (non-hydrogen) atoms. The van der Waals surface area contributed by atoms with Crippen LogP contribution in [0, 0.1) is 6.92 Å². The van der Waals surface area contributed by atoms with E-state index in [1.54, 1.807) is 6.26 Å². The van der Waals surface area contributed by atoms with E-state index in [9.17, 15) is 0 Å². The molecule has 0 atom stereocenters. The van der Waals surface area contributed by atoms with Crippen molar-refractivity contribution < 1.29 is 4.42 Å². The standard InChI is InChI=1S/C16H22N2O/c1-4-18(5-2)15-8-6-14(7-9-15)17-12-16-13(3)10-11-19-16/h6-11,17H,4-5,12H2,1-3H3. The topological polar surface area (TPSA) is 28.4 Å². The van der Waals surface area contributed by atoms with Gasteiger partial charge in [-0.15, -0.1) is 0 Å². The summed E-state index contributed by atoms with van der Waals surface area (Å²) < 4.78 is 5.41. The summed E-state index contributed by atoms with van der Waals surface area (Å²) in [6, 6.07) is 10.5. The lowest BCUT2D eigenvalue weighted by molar-refractivity contribution is 0.515. The molecule has 0 spiro atoms. The van der Waals surface area contributed by atoms with E-state index in [0.717, 1.165) is 31.1 Å². The van der Waals surface area contributed by atoms with Gasteiger partial charge in [0.2, 0.25) is 0 Å². The van der Waals surface area contributed by atoms with Gasteiger partial charge in [0.1, 0.15) is 5.76 Å². The molecule has 0 unspecified atom stereocenters. The molecule has 1 heterocycles. The first-order valence-electron chi connectivity index (χ1n) is 6.86. The molecule has 2 rings (SSSR count). The predicted octanol–water partition coefficient (Wildman–Crippen LogP) is 4.05. The summed E-state index contributed by atoms with van der Waals surface area (Å²) in [5.74, 6) is 0.993. The fourth-order valence-corrected chi connectivity index (χ4v) is 2.15. The molecule has 0 bridgehead atoms. The van der Waals surface area contributed by atoms with Crippen LogP contribution in [0.25, 0.3) is 0 Å². The minimum absolute atomic E-state index is 0.726. The number of aryl methyl sites for hydroxylation is 1. The van der Waals surface area contributed by atoms with E-state index in [4.69, 9.17) is 4.42 Å². The normalized spacial score (nSPS) is 10.5. The van der Waals surface area contributed by atoms with E-state index in [1.165, 1.54) is 11.3 Å². The number of hydrogen-bond donors (Lipinski definition) is 1. The van der Waals surface area contributed by atoms with Gasteiger partial charge in [-0.2, -0.15) is 0 Å². The highest BCUT2D eigenvalue weighted by Crippen LogP contribution is 2.19. The van der Waals surface area contributed by atoms with E-state index in [0.29, 0.717) is 0 Å². The zero-order chi connectivity index (χ0) is 13.7. The zero-order valence-corrected chi connectivity index (χ0v) is 11.9. The van der Waals surface area contributed by atoms with Crippen molar-refractivity contribution in [3.05, 3.63) is 47.9 Å². The molecular weight excluding hydrogens is 236 g/mol. The van der Waals surface area contributed by atoms with Crippen molar-refractivity contribution in [2.75, 3.05) is 23.3 Å². The highest BCUT2D eigenvalue weighted by molar-refractivity contribution is 5.55. The van der Waals surface area contributed by atoms with Gasteiger partial charge in [-0.3, -0.25) is 0 Å². The van der Waals surface area contributed by atoms with E-state index < -0.39 is 0 Å². The Hall–Kier alpha value is -1.90. The molecule has 0 saturated heterocycles. The summed E-state index contributed by atoms with van der Waals surface area (Å²) in [6.45, 7) is 9.21. The van der Waals surface area contributed by atoms with E-state index in [1.807, 2.05) is 6.07 Å². The van der Waals surface area contributed by atoms with Gasteiger partial charge in [0.15, 0.2) is 0 Å². The molecule has 3 nitrogen and oxygen atoms in total. The molecule has 2 aromatic rings. The average Bonchev–Trinajstić information content (AvgIpc) is 2.85. The Bertz CT molecular complexity index is 498. The number of nitrogens with zero attached hydrogens (tertiary/aromatic N) is 1. The molecule has 3 heteroatoms. The SMILES string of the molecule is CCN(CC)c1ccc(NCc2occc2C)cc1. The quantitative estimate of drug-likeness (QED) is 0.847. The monoisotopic (exact) mass is 258 g/mol. The van der Waals surface area contributed by atoms with Gasteiger partial charge >= 0.3 is 0 Å². The Morgan fingerprint density at radius 1 is 1.05 bits per heavy atom. The molecule has 1 aromatic carbocycles. The lowest BCUT2D eigenvalue weighted by Crippen LogP contribution is -2.21. The molecular formula is C16H22N2O. The largest absolute Gasteiger partial charge is 0.467 e. The number of rotatable bonds is 6. The van der Waals surface area contributed by atoms with Crippen molar-refractivity contribution in [2.24, 2.45) is 0 Å². The summed E-state index contributed by atoms with van der Waals surface area (Å²) in [5, 5.41) is 3.38. The minimum atomic E-state index is 0.726. The first-order chi connectivity index (χ1) is 9.24. The lowest BCUT2D eigenvalue weighted by Gasteiger charge is -2.21. The van der Waals surface area contributed by atoms with Crippen molar-refractivity contribution in [3.63, 3.8) is 0 Å². The molecule has 0 amide bonds. The number of furan rings is 1. The minimum Gasteiger partial charge on any atom is -0.467 e. The van der Waals surface area contributed by atoms with Crippen LogP contribution in [0.1, 0.15) is 25.2 Å². The van der Waals surface area contributed by atoms with Gasteiger partial charge in [-0.25, -0.2) is 0 Å². The summed E-state index contributed by atoms with van der Waals surface area (Å²) in [7, 11) is 0. The second kappa shape index (κ2) is 6.32. The van der Waals surface area contributed by atoms with Crippen molar-refractivity contribution in [3.8, 4) is 0 Å². The Labute approximate surface area is 115 Å². The van der Waals surface area contributed by atoms with Crippen LogP contribution in [0.5, 0.6) is 0 Å². The lowest BCUT2D eigenvalue weighted by atomic mass is 10.2. The van der Waals surface area contributed by atoms with Gasteiger partial charge in [0.25, 0.3) is 0 Å². The number of anilines is 2. The summed E-state index contributed by atoms with van der Waals surface area (Å²) >= 11 is 0. The fourth-order valence-electron chi connectivity index (χ4n) is 2.15. The fraction of sp³-hybridized carbons (Fsp3) is 0.375. The van der Waals surface area contributed by atoms with E-state index in [-0.39, 0.29) is 0 Å². The smallest absolute Gasteiger partial charge is 0.125 e. The van der Waals surface area contributed by atoms with Crippen LogP contribution in [0.2, 0.25) is 0 Å². The highest BCUT2D eigenvalue weighted by Gasteiger charge is 2.03. The van der Waals surface area contributed by atoms with Crippen molar-refractivity contribution in [2.45, 2.75) is 27.3 Å². The Balaban J connectivity index is 1.97. The molecule has 0 aliphatic carbocycles. The van der Waals surface area contributed by atoms with E-state index >= 15 is 0 Å². The van der Waals surface area contributed by atoms with Crippen LogP contribution in [0.4, 0.5) is 11.4 Å². The highest BCUT2D eigenvalue weighted by atomic mass is 16.3. The Kier molecular flexibility index (Phi) is 4.50. The first-order valence-corrected chi connectivity index (χ1v) is 6.86. The van der Waals surface area contributed by atoms with Gasteiger partial charge in [0, 0.05) is 24.5 Å². The second-order valence-corrected chi connectivity index (χ2v) is 4.60. The van der Waals surface area contributed by atoms with Crippen LogP contribution in [0.3, 0.4) is 0 Å². The van der Waals surface area contributed by atoms with Crippen LogP contribution in [0.15, 0.2) is 41.0 Å². The first kappa shape index (κ1) is 13.5. The molecule has 0 radical (unpaired) electrons. The van der Waals surface area contributed by atoms with Gasteiger partial charge < -0.3 is 14.6 Å². The summed E-state index contributed by atoms with van der Waals surface area (Å²) in [4.78, 5) is 2.33. The number of hydrogen-bond acceptors (Lipinski definition) is 3. The third-order valence-electron chi connectivity index (χ3n) is 3.42. The Morgan fingerprint density at radius 3 is 2.26 bits per heavy atom. The molecule has 102 valence electrons.